The van der Waals surface area contributed by atoms with E-state index in [-0.39, 0.29) is 17.7 Å². The molecule has 1 aliphatic heterocycles. The number of amides is 2. The van der Waals surface area contributed by atoms with Crippen molar-refractivity contribution in [3.8, 4) is 0 Å². The third-order valence-corrected chi connectivity index (χ3v) is 6.38. The van der Waals surface area contributed by atoms with E-state index in [9.17, 15) is 9.59 Å². The molecule has 2 aromatic heterocycles. The van der Waals surface area contributed by atoms with E-state index in [0.29, 0.717) is 6.54 Å². The summed E-state index contributed by atoms with van der Waals surface area (Å²) >= 11 is 1.48. The highest BCUT2D eigenvalue weighted by atomic mass is 32.1. The van der Waals surface area contributed by atoms with Crippen LogP contribution in [0.2, 0.25) is 0 Å². The Hall–Kier alpha value is -1.99. The lowest BCUT2D eigenvalue weighted by Gasteiger charge is -2.23. The van der Waals surface area contributed by atoms with E-state index in [1.807, 2.05) is 24.8 Å². The minimum atomic E-state index is 0.0330. The van der Waals surface area contributed by atoms with Crippen LogP contribution in [0.4, 0.5) is 0 Å². The molecule has 3 heterocycles. The standard InChI is InChI=1S/C20H28N4O2S/c1-5-24(6-2)16(25)13-23-11-9-14(12-23)17-15-8-7-10-21-19(15)27-18(17)20(26)22(3)4/h7-8,10,14H,5-6,9,11-13H2,1-4H3/t14-/m1/s1. The second kappa shape index (κ2) is 8.35. The molecule has 2 amide bonds. The van der Waals surface area contributed by atoms with E-state index in [1.54, 1.807) is 25.2 Å². The number of carbonyl (C=O) groups is 2. The summed E-state index contributed by atoms with van der Waals surface area (Å²) in [7, 11) is 3.57. The van der Waals surface area contributed by atoms with E-state index < -0.39 is 0 Å². The number of hydrogen-bond acceptors (Lipinski definition) is 5. The lowest BCUT2D eigenvalue weighted by atomic mass is 9.95. The molecule has 2 aromatic rings. The quantitative estimate of drug-likeness (QED) is 0.763. The van der Waals surface area contributed by atoms with Crippen LogP contribution in [0.15, 0.2) is 18.3 Å². The first kappa shape index (κ1) is 19.8. The summed E-state index contributed by atoms with van der Waals surface area (Å²) in [6, 6.07) is 3.99. The molecule has 7 heteroatoms. The Morgan fingerprint density at radius 3 is 2.70 bits per heavy atom. The number of likely N-dealkylation sites (tertiary alicyclic amines) is 1. The van der Waals surface area contributed by atoms with Gasteiger partial charge < -0.3 is 9.80 Å². The molecule has 0 saturated carbocycles. The van der Waals surface area contributed by atoms with Crippen molar-refractivity contribution in [3.05, 3.63) is 28.8 Å². The minimum Gasteiger partial charge on any atom is -0.344 e. The third-order valence-electron chi connectivity index (χ3n) is 5.26. The minimum absolute atomic E-state index is 0.0330. The van der Waals surface area contributed by atoms with Crippen LogP contribution in [-0.2, 0) is 4.79 Å². The first-order valence-corrected chi connectivity index (χ1v) is 10.4. The zero-order chi connectivity index (χ0) is 19.6. The number of aromatic nitrogens is 1. The SMILES string of the molecule is CCN(CC)C(=O)CN1CC[C@@H](c2c(C(=O)N(C)C)sc3ncccc23)C1. The molecule has 0 aliphatic carbocycles. The molecule has 3 rings (SSSR count). The van der Waals surface area contributed by atoms with Crippen LogP contribution in [0.5, 0.6) is 0 Å². The van der Waals surface area contributed by atoms with Gasteiger partial charge in [-0.1, -0.05) is 6.07 Å². The van der Waals surface area contributed by atoms with Gasteiger partial charge in [-0.2, -0.15) is 0 Å². The number of fused-ring (bicyclic) bond motifs is 1. The average Bonchev–Trinajstić information content (AvgIpc) is 3.25. The van der Waals surface area contributed by atoms with Gasteiger partial charge in [0.2, 0.25) is 5.91 Å². The lowest BCUT2D eigenvalue weighted by molar-refractivity contribution is -0.131. The van der Waals surface area contributed by atoms with Crippen molar-refractivity contribution < 1.29 is 9.59 Å². The number of likely N-dealkylation sites (N-methyl/N-ethyl adjacent to an activating group) is 1. The third kappa shape index (κ3) is 3.99. The summed E-state index contributed by atoms with van der Waals surface area (Å²) in [6.45, 7) is 7.65. The van der Waals surface area contributed by atoms with Gasteiger partial charge in [0, 0.05) is 51.2 Å². The van der Waals surface area contributed by atoms with Gasteiger partial charge in [-0.05, 0) is 38.4 Å². The van der Waals surface area contributed by atoms with Gasteiger partial charge in [0.1, 0.15) is 4.83 Å². The van der Waals surface area contributed by atoms with Gasteiger partial charge in [-0.3, -0.25) is 14.5 Å². The van der Waals surface area contributed by atoms with E-state index in [0.717, 1.165) is 53.3 Å². The van der Waals surface area contributed by atoms with Crippen molar-refractivity contribution in [2.24, 2.45) is 0 Å². The Kier molecular flexibility index (Phi) is 6.11. The fourth-order valence-corrected chi connectivity index (χ4v) is 5.05. The maximum Gasteiger partial charge on any atom is 0.263 e. The molecule has 0 spiro atoms. The van der Waals surface area contributed by atoms with Crippen molar-refractivity contribution in [3.63, 3.8) is 0 Å². The first-order valence-electron chi connectivity index (χ1n) is 9.55. The highest BCUT2D eigenvalue weighted by Crippen LogP contribution is 2.39. The molecule has 146 valence electrons. The Labute approximate surface area is 164 Å². The maximum absolute atomic E-state index is 12.8. The summed E-state index contributed by atoms with van der Waals surface area (Å²) in [5, 5.41) is 1.08. The van der Waals surface area contributed by atoms with Crippen molar-refractivity contribution >= 4 is 33.4 Å². The highest BCUT2D eigenvalue weighted by molar-refractivity contribution is 7.20. The topological polar surface area (TPSA) is 56.8 Å². The number of rotatable bonds is 6. The lowest BCUT2D eigenvalue weighted by Crippen LogP contribution is -2.39. The maximum atomic E-state index is 12.8. The largest absolute Gasteiger partial charge is 0.344 e. The predicted molar refractivity (Wildman–Crippen MR) is 109 cm³/mol. The van der Waals surface area contributed by atoms with Crippen LogP contribution in [0, 0.1) is 0 Å². The molecule has 1 fully saturated rings. The van der Waals surface area contributed by atoms with Gasteiger partial charge in [0.15, 0.2) is 0 Å². The van der Waals surface area contributed by atoms with Gasteiger partial charge in [-0.15, -0.1) is 11.3 Å². The summed E-state index contributed by atoms with van der Waals surface area (Å²) in [6.07, 6.45) is 2.73. The Bertz CT molecular complexity index is 828. The molecule has 27 heavy (non-hydrogen) atoms. The Balaban J connectivity index is 1.85. The van der Waals surface area contributed by atoms with Crippen LogP contribution < -0.4 is 0 Å². The zero-order valence-corrected chi connectivity index (χ0v) is 17.4. The predicted octanol–water partition coefficient (Wildman–Crippen LogP) is 2.66. The van der Waals surface area contributed by atoms with Crippen molar-refractivity contribution in [2.45, 2.75) is 26.2 Å². The van der Waals surface area contributed by atoms with Crippen LogP contribution >= 0.6 is 11.3 Å². The van der Waals surface area contributed by atoms with Gasteiger partial charge >= 0.3 is 0 Å². The van der Waals surface area contributed by atoms with E-state index >= 15 is 0 Å². The van der Waals surface area contributed by atoms with Crippen LogP contribution in [0.25, 0.3) is 10.2 Å². The molecular weight excluding hydrogens is 360 g/mol. The fourth-order valence-electron chi connectivity index (χ4n) is 3.80. The fraction of sp³-hybridized carbons (Fsp3) is 0.550. The molecule has 0 radical (unpaired) electrons. The second-order valence-corrected chi connectivity index (χ2v) is 8.19. The Morgan fingerprint density at radius 1 is 1.30 bits per heavy atom. The number of thiophene rings is 1. The number of pyridine rings is 1. The van der Waals surface area contributed by atoms with Crippen molar-refractivity contribution in [2.75, 3.05) is 46.8 Å². The van der Waals surface area contributed by atoms with Gasteiger partial charge in [0.25, 0.3) is 5.91 Å². The molecule has 0 N–H and O–H groups in total. The van der Waals surface area contributed by atoms with Crippen LogP contribution in [0.1, 0.15) is 41.4 Å². The molecule has 0 unspecified atom stereocenters. The normalized spacial score (nSPS) is 17.4. The molecule has 1 atom stereocenters. The number of carbonyl (C=O) groups excluding carboxylic acids is 2. The molecule has 0 bridgehead atoms. The summed E-state index contributed by atoms with van der Waals surface area (Å²) in [4.78, 5) is 37.1. The van der Waals surface area contributed by atoms with E-state index in [4.69, 9.17) is 0 Å². The van der Waals surface area contributed by atoms with Crippen LogP contribution in [-0.4, -0.2) is 78.3 Å². The molecular formula is C20H28N4O2S. The van der Waals surface area contributed by atoms with Crippen molar-refractivity contribution in [1.82, 2.24) is 19.7 Å². The first-order chi connectivity index (χ1) is 13.0. The summed E-state index contributed by atoms with van der Waals surface area (Å²) < 4.78 is 0. The molecule has 6 nitrogen and oxygen atoms in total. The van der Waals surface area contributed by atoms with Gasteiger partial charge in [0.05, 0.1) is 11.4 Å². The second-order valence-electron chi connectivity index (χ2n) is 7.19. The van der Waals surface area contributed by atoms with Crippen LogP contribution in [0.3, 0.4) is 0 Å². The monoisotopic (exact) mass is 388 g/mol. The number of hydrogen-bond donors (Lipinski definition) is 0. The van der Waals surface area contributed by atoms with E-state index in [2.05, 4.69) is 16.0 Å². The van der Waals surface area contributed by atoms with E-state index in [1.165, 1.54) is 11.3 Å². The zero-order valence-electron chi connectivity index (χ0n) is 16.6. The smallest absolute Gasteiger partial charge is 0.263 e. The Morgan fingerprint density at radius 2 is 2.04 bits per heavy atom. The number of nitrogens with zero attached hydrogens (tertiary/aromatic N) is 4. The van der Waals surface area contributed by atoms with Crippen molar-refractivity contribution in [1.29, 1.82) is 0 Å². The molecule has 1 aliphatic rings. The summed E-state index contributed by atoms with van der Waals surface area (Å²) in [5.74, 6) is 0.471. The molecule has 0 aromatic carbocycles. The average molecular weight is 389 g/mol. The highest BCUT2D eigenvalue weighted by Gasteiger charge is 2.32. The van der Waals surface area contributed by atoms with Gasteiger partial charge in [-0.25, -0.2) is 4.98 Å². The summed E-state index contributed by atoms with van der Waals surface area (Å²) in [5.41, 5.74) is 1.11. The molecule has 1 saturated heterocycles.